The molecule has 2 rings (SSSR count). The molecule has 1 fully saturated rings. The summed E-state index contributed by atoms with van der Waals surface area (Å²) in [6.45, 7) is 5.60. The molecule has 1 aliphatic heterocycles. The lowest BCUT2D eigenvalue weighted by atomic mass is 9.97. The van der Waals surface area contributed by atoms with Gasteiger partial charge in [0.15, 0.2) is 0 Å². The van der Waals surface area contributed by atoms with Crippen LogP contribution >= 0.6 is 0 Å². The zero-order valence-electron chi connectivity index (χ0n) is 10.9. The molecule has 1 unspecified atom stereocenters. The highest BCUT2D eigenvalue weighted by Gasteiger charge is 2.23. The quantitative estimate of drug-likeness (QED) is 0.869. The number of nitrogens with zero attached hydrogens (tertiary/aromatic N) is 1. The molecule has 0 amide bonds. The first-order valence-electron chi connectivity index (χ1n) is 6.76. The fourth-order valence-electron chi connectivity index (χ4n) is 2.62. The van der Waals surface area contributed by atoms with E-state index in [0.29, 0.717) is 11.5 Å². The van der Waals surface area contributed by atoms with Crippen LogP contribution in [0.4, 0.5) is 0 Å². The van der Waals surface area contributed by atoms with Crippen molar-refractivity contribution < 1.29 is 9.90 Å². The molecule has 1 N–H and O–H groups in total. The smallest absolute Gasteiger partial charge is 0.335 e. The summed E-state index contributed by atoms with van der Waals surface area (Å²) in [6, 6.07) is 7.40. The van der Waals surface area contributed by atoms with Gasteiger partial charge in [-0.15, -0.1) is 0 Å². The normalized spacial score (nSPS) is 20.2. The first-order valence-corrected chi connectivity index (χ1v) is 6.76. The molecule has 1 heterocycles. The minimum atomic E-state index is -0.835. The summed E-state index contributed by atoms with van der Waals surface area (Å²) in [5.74, 6) is -0.334. The van der Waals surface area contributed by atoms with Crippen LogP contribution in [-0.4, -0.2) is 35.6 Å². The first-order chi connectivity index (χ1) is 8.70. The molecule has 0 bridgehead atoms. The molecule has 0 aliphatic carbocycles. The van der Waals surface area contributed by atoms with Gasteiger partial charge < -0.3 is 10.0 Å². The summed E-state index contributed by atoms with van der Waals surface area (Å²) in [7, 11) is 0. The molecular weight excluding hydrogens is 226 g/mol. The van der Waals surface area contributed by atoms with Crippen LogP contribution < -0.4 is 0 Å². The van der Waals surface area contributed by atoms with Crippen molar-refractivity contribution in [2.75, 3.05) is 19.6 Å². The van der Waals surface area contributed by atoms with Crippen molar-refractivity contribution in [3.05, 3.63) is 35.4 Å². The van der Waals surface area contributed by atoms with Gasteiger partial charge in [0, 0.05) is 6.54 Å². The van der Waals surface area contributed by atoms with Gasteiger partial charge in [-0.05, 0) is 49.5 Å². The minimum Gasteiger partial charge on any atom is -0.478 e. The van der Waals surface area contributed by atoms with Gasteiger partial charge in [-0.1, -0.05) is 25.5 Å². The number of likely N-dealkylation sites (tertiary alicyclic amines) is 1. The van der Waals surface area contributed by atoms with Gasteiger partial charge in [-0.2, -0.15) is 0 Å². The molecule has 1 aliphatic rings. The third kappa shape index (κ3) is 3.10. The second-order valence-corrected chi connectivity index (χ2v) is 5.07. The van der Waals surface area contributed by atoms with Crippen molar-refractivity contribution in [2.24, 2.45) is 0 Å². The number of hydrogen-bond donors (Lipinski definition) is 1. The fourth-order valence-corrected chi connectivity index (χ4v) is 2.62. The number of carbonyl (C=O) groups is 1. The second-order valence-electron chi connectivity index (χ2n) is 5.07. The van der Waals surface area contributed by atoms with Crippen molar-refractivity contribution in [2.45, 2.75) is 32.1 Å². The molecule has 1 aromatic rings. The van der Waals surface area contributed by atoms with Crippen molar-refractivity contribution in [1.29, 1.82) is 0 Å². The van der Waals surface area contributed by atoms with Crippen LogP contribution in [0.3, 0.4) is 0 Å². The number of aromatic carboxylic acids is 1. The molecule has 18 heavy (non-hydrogen) atoms. The van der Waals surface area contributed by atoms with Gasteiger partial charge in [-0.3, -0.25) is 0 Å². The standard InChI is InChI=1S/C15H21NO2/c1-2-3-8-16-9-7-14(11-16)12-5-4-6-13(10-12)15(17)18/h4-6,10,14H,2-3,7-9,11H2,1H3,(H,17,18). The molecule has 1 saturated heterocycles. The van der Waals surface area contributed by atoms with Crippen molar-refractivity contribution >= 4 is 5.97 Å². The SMILES string of the molecule is CCCCN1CCC(c2cccc(C(=O)O)c2)C1. The van der Waals surface area contributed by atoms with Crippen molar-refractivity contribution in [1.82, 2.24) is 4.90 Å². The molecule has 1 aromatic carbocycles. The highest BCUT2D eigenvalue weighted by molar-refractivity contribution is 5.87. The Balaban J connectivity index is 2.00. The Morgan fingerprint density at radius 3 is 3.06 bits per heavy atom. The lowest BCUT2D eigenvalue weighted by Gasteiger charge is -2.15. The number of benzene rings is 1. The second kappa shape index (κ2) is 6.01. The van der Waals surface area contributed by atoms with E-state index >= 15 is 0 Å². The summed E-state index contributed by atoms with van der Waals surface area (Å²) in [5, 5.41) is 9.01. The van der Waals surface area contributed by atoms with Crippen LogP contribution in [0.2, 0.25) is 0 Å². The number of rotatable bonds is 5. The summed E-state index contributed by atoms with van der Waals surface area (Å²) >= 11 is 0. The van der Waals surface area contributed by atoms with E-state index in [9.17, 15) is 4.79 Å². The van der Waals surface area contributed by atoms with Gasteiger partial charge in [0.25, 0.3) is 0 Å². The largest absolute Gasteiger partial charge is 0.478 e. The first kappa shape index (κ1) is 13.1. The Labute approximate surface area is 108 Å². The molecule has 0 spiro atoms. The fraction of sp³-hybridized carbons (Fsp3) is 0.533. The monoisotopic (exact) mass is 247 g/mol. The van der Waals surface area contributed by atoms with Crippen LogP contribution in [0.15, 0.2) is 24.3 Å². The molecule has 3 nitrogen and oxygen atoms in total. The Bertz CT molecular complexity index is 417. The van der Waals surface area contributed by atoms with Gasteiger partial charge in [0.2, 0.25) is 0 Å². The lowest BCUT2D eigenvalue weighted by Crippen LogP contribution is -2.21. The molecule has 0 aromatic heterocycles. The number of hydrogen-bond acceptors (Lipinski definition) is 2. The number of unbranched alkanes of at least 4 members (excludes halogenated alkanes) is 1. The zero-order chi connectivity index (χ0) is 13.0. The van der Waals surface area contributed by atoms with Crippen LogP contribution in [0.1, 0.15) is 48.0 Å². The van der Waals surface area contributed by atoms with Gasteiger partial charge >= 0.3 is 5.97 Å². The molecule has 98 valence electrons. The molecular formula is C15H21NO2. The van der Waals surface area contributed by atoms with E-state index in [1.165, 1.54) is 24.9 Å². The van der Waals surface area contributed by atoms with Gasteiger partial charge in [0.1, 0.15) is 0 Å². The number of carboxylic acid groups (broad SMARTS) is 1. The third-order valence-electron chi connectivity index (χ3n) is 3.71. The Kier molecular flexibility index (Phi) is 4.37. The summed E-state index contributed by atoms with van der Waals surface area (Å²) in [4.78, 5) is 13.5. The van der Waals surface area contributed by atoms with E-state index < -0.39 is 5.97 Å². The third-order valence-corrected chi connectivity index (χ3v) is 3.71. The van der Waals surface area contributed by atoms with Crippen LogP contribution in [0.25, 0.3) is 0 Å². The van der Waals surface area contributed by atoms with E-state index in [1.54, 1.807) is 6.07 Å². The average molecular weight is 247 g/mol. The molecule has 3 heteroatoms. The highest BCUT2D eigenvalue weighted by Crippen LogP contribution is 2.27. The molecule has 0 saturated carbocycles. The predicted molar refractivity (Wildman–Crippen MR) is 72.1 cm³/mol. The minimum absolute atomic E-state index is 0.402. The molecule has 0 radical (unpaired) electrons. The maximum Gasteiger partial charge on any atom is 0.335 e. The summed E-state index contributed by atoms with van der Waals surface area (Å²) < 4.78 is 0. The maximum atomic E-state index is 11.0. The van der Waals surface area contributed by atoms with E-state index in [-0.39, 0.29) is 0 Å². The summed E-state index contributed by atoms with van der Waals surface area (Å²) in [6.07, 6.45) is 3.63. The van der Waals surface area contributed by atoms with Crippen LogP contribution in [0, 0.1) is 0 Å². The van der Waals surface area contributed by atoms with Gasteiger partial charge in [0.05, 0.1) is 5.56 Å². The average Bonchev–Trinajstić information content (AvgIpc) is 2.85. The number of carboxylic acids is 1. The summed E-state index contributed by atoms with van der Waals surface area (Å²) in [5.41, 5.74) is 1.58. The van der Waals surface area contributed by atoms with Gasteiger partial charge in [-0.25, -0.2) is 4.79 Å². The van der Waals surface area contributed by atoms with E-state index in [1.807, 2.05) is 12.1 Å². The molecule has 1 atom stereocenters. The lowest BCUT2D eigenvalue weighted by molar-refractivity contribution is 0.0696. The Morgan fingerprint density at radius 2 is 2.33 bits per heavy atom. The van der Waals surface area contributed by atoms with E-state index in [2.05, 4.69) is 17.9 Å². The Morgan fingerprint density at radius 1 is 1.50 bits per heavy atom. The van der Waals surface area contributed by atoms with E-state index in [4.69, 9.17) is 5.11 Å². The highest BCUT2D eigenvalue weighted by atomic mass is 16.4. The van der Waals surface area contributed by atoms with Crippen molar-refractivity contribution in [3.63, 3.8) is 0 Å². The maximum absolute atomic E-state index is 11.0. The van der Waals surface area contributed by atoms with Crippen LogP contribution in [0.5, 0.6) is 0 Å². The predicted octanol–water partition coefficient (Wildman–Crippen LogP) is 2.97. The topological polar surface area (TPSA) is 40.5 Å². The van der Waals surface area contributed by atoms with Crippen LogP contribution in [-0.2, 0) is 0 Å². The Hall–Kier alpha value is -1.35. The van der Waals surface area contributed by atoms with E-state index in [0.717, 1.165) is 19.5 Å². The zero-order valence-corrected chi connectivity index (χ0v) is 10.9. The van der Waals surface area contributed by atoms with Crippen molar-refractivity contribution in [3.8, 4) is 0 Å².